The molecular weight excluding hydrogens is 234 g/mol. The second-order valence-electron chi connectivity index (χ2n) is 3.63. The first-order valence-corrected chi connectivity index (χ1v) is 5.35. The number of hydrogen-bond donors (Lipinski definition) is 3. The molecule has 0 aliphatic rings. The maximum absolute atomic E-state index is 12.0. The van der Waals surface area contributed by atoms with Crippen molar-refractivity contribution >= 4 is 11.6 Å². The minimum atomic E-state index is -0.239. The fourth-order valence-electron chi connectivity index (χ4n) is 1.46. The highest BCUT2D eigenvalue weighted by Gasteiger charge is 2.12. The first-order chi connectivity index (χ1) is 8.70. The van der Waals surface area contributed by atoms with Crippen LogP contribution < -0.4 is 10.6 Å². The number of carbonyl (C=O) groups excluding carboxylic acids is 1. The van der Waals surface area contributed by atoms with Crippen molar-refractivity contribution in [1.29, 1.82) is 0 Å². The lowest BCUT2D eigenvalue weighted by atomic mass is 10.2. The molecule has 0 radical (unpaired) electrons. The van der Waals surface area contributed by atoms with Gasteiger partial charge in [-0.05, 0) is 13.0 Å². The molecule has 0 aliphatic carbocycles. The highest BCUT2D eigenvalue weighted by Crippen LogP contribution is 2.14. The van der Waals surface area contributed by atoms with Crippen LogP contribution >= 0.6 is 0 Å². The Morgan fingerprint density at radius 2 is 2.33 bits per heavy atom. The molecular formula is C10H13N7O. The third-order valence-corrected chi connectivity index (χ3v) is 2.35. The predicted octanol–water partition coefficient (Wildman–Crippen LogP) is -0.125. The summed E-state index contributed by atoms with van der Waals surface area (Å²) in [6.07, 6.45) is 1.53. The van der Waals surface area contributed by atoms with E-state index in [2.05, 4.69) is 36.2 Å². The van der Waals surface area contributed by atoms with Crippen LogP contribution in [0, 0.1) is 6.92 Å². The number of anilines is 1. The van der Waals surface area contributed by atoms with Gasteiger partial charge in [0, 0.05) is 18.9 Å². The molecule has 2 rings (SSSR count). The number of rotatable bonds is 4. The predicted molar refractivity (Wildman–Crippen MR) is 63.9 cm³/mol. The molecule has 8 heteroatoms. The maximum Gasteiger partial charge on any atom is 0.255 e. The Bertz CT molecular complexity index is 537. The van der Waals surface area contributed by atoms with Crippen LogP contribution in [0.15, 0.2) is 12.3 Å². The Kier molecular flexibility index (Phi) is 3.46. The molecule has 0 aromatic carbocycles. The Labute approximate surface area is 103 Å². The molecule has 0 aliphatic heterocycles. The molecule has 2 aromatic heterocycles. The lowest BCUT2D eigenvalue weighted by molar-refractivity contribution is 0.0950. The van der Waals surface area contributed by atoms with Gasteiger partial charge in [-0.3, -0.25) is 9.78 Å². The van der Waals surface area contributed by atoms with Crippen molar-refractivity contribution in [3.63, 3.8) is 0 Å². The van der Waals surface area contributed by atoms with E-state index in [0.29, 0.717) is 11.4 Å². The van der Waals surface area contributed by atoms with Gasteiger partial charge in [0.2, 0.25) is 0 Å². The fraction of sp³-hybridized carbons (Fsp3) is 0.300. The molecule has 2 heterocycles. The zero-order valence-electron chi connectivity index (χ0n) is 10.1. The average Bonchev–Trinajstić information content (AvgIpc) is 2.88. The summed E-state index contributed by atoms with van der Waals surface area (Å²) < 4.78 is 0. The van der Waals surface area contributed by atoms with Crippen molar-refractivity contribution in [3.05, 3.63) is 29.3 Å². The maximum atomic E-state index is 12.0. The van der Waals surface area contributed by atoms with Crippen LogP contribution in [0.5, 0.6) is 0 Å². The molecule has 0 fully saturated rings. The lowest BCUT2D eigenvalue weighted by Gasteiger charge is -2.09. The minimum Gasteiger partial charge on any atom is -0.387 e. The second kappa shape index (κ2) is 5.21. The molecule has 0 saturated carbocycles. The molecule has 0 saturated heterocycles. The van der Waals surface area contributed by atoms with Crippen LogP contribution in [-0.4, -0.2) is 38.6 Å². The Hall–Kier alpha value is -2.51. The average molecular weight is 247 g/mol. The van der Waals surface area contributed by atoms with Gasteiger partial charge in [-0.15, -0.1) is 10.2 Å². The Balaban J connectivity index is 2.09. The summed E-state index contributed by atoms with van der Waals surface area (Å²) in [5, 5.41) is 18.9. The zero-order chi connectivity index (χ0) is 13.0. The minimum absolute atomic E-state index is 0.215. The van der Waals surface area contributed by atoms with Crippen LogP contribution in [0.3, 0.4) is 0 Å². The number of nitrogens with one attached hydrogen (secondary N) is 3. The van der Waals surface area contributed by atoms with E-state index < -0.39 is 0 Å². The number of pyridine rings is 1. The van der Waals surface area contributed by atoms with Crippen molar-refractivity contribution in [2.24, 2.45) is 0 Å². The number of amides is 1. The van der Waals surface area contributed by atoms with Gasteiger partial charge < -0.3 is 10.6 Å². The van der Waals surface area contributed by atoms with Crippen molar-refractivity contribution in [2.45, 2.75) is 13.5 Å². The summed E-state index contributed by atoms with van der Waals surface area (Å²) in [7, 11) is 1.75. The smallest absolute Gasteiger partial charge is 0.255 e. The van der Waals surface area contributed by atoms with Gasteiger partial charge >= 0.3 is 0 Å². The SMILES string of the molecule is CNc1cc(C)ncc1C(=O)NCc1nn[nH]n1. The zero-order valence-corrected chi connectivity index (χ0v) is 10.1. The fourth-order valence-corrected chi connectivity index (χ4v) is 1.46. The largest absolute Gasteiger partial charge is 0.387 e. The number of H-pyrrole nitrogens is 1. The van der Waals surface area contributed by atoms with Gasteiger partial charge in [0.25, 0.3) is 5.91 Å². The molecule has 3 N–H and O–H groups in total. The lowest BCUT2D eigenvalue weighted by Crippen LogP contribution is -2.24. The summed E-state index contributed by atoms with van der Waals surface area (Å²) in [5.41, 5.74) is 2.05. The molecule has 1 amide bonds. The second-order valence-corrected chi connectivity index (χ2v) is 3.63. The van der Waals surface area contributed by atoms with E-state index in [0.717, 1.165) is 11.4 Å². The van der Waals surface area contributed by atoms with Crippen LogP contribution in [0.4, 0.5) is 5.69 Å². The summed E-state index contributed by atoms with van der Waals surface area (Å²) in [5.74, 6) is 0.186. The van der Waals surface area contributed by atoms with Gasteiger partial charge in [0.15, 0.2) is 5.82 Å². The van der Waals surface area contributed by atoms with E-state index in [4.69, 9.17) is 0 Å². The van der Waals surface area contributed by atoms with E-state index in [1.165, 1.54) is 6.20 Å². The quantitative estimate of drug-likeness (QED) is 0.694. The summed E-state index contributed by atoms with van der Waals surface area (Å²) in [6.45, 7) is 2.08. The number of aryl methyl sites for hydroxylation is 1. The molecule has 18 heavy (non-hydrogen) atoms. The van der Waals surface area contributed by atoms with Gasteiger partial charge in [0.05, 0.1) is 17.8 Å². The molecule has 0 atom stereocenters. The molecule has 0 bridgehead atoms. The van der Waals surface area contributed by atoms with Gasteiger partial charge in [-0.25, -0.2) is 0 Å². The molecule has 0 spiro atoms. The van der Waals surface area contributed by atoms with E-state index in [1.807, 2.05) is 13.0 Å². The van der Waals surface area contributed by atoms with E-state index in [-0.39, 0.29) is 12.5 Å². The van der Waals surface area contributed by atoms with Crippen molar-refractivity contribution < 1.29 is 4.79 Å². The number of tetrazole rings is 1. The Morgan fingerprint density at radius 1 is 1.50 bits per heavy atom. The van der Waals surface area contributed by atoms with E-state index in [1.54, 1.807) is 7.05 Å². The van der Waals surface area contributed by atoms with Crippen LogP contribution in [0.2, 0.25) is 0 Å². The first-order valence-electron chi connectivity index (χ1n) is 5.35. The third kappa shape index (κ3) is 2.59. The molecule has 2 aromatic rings. The summed E-state index contributed by atoms with van der Waals surface area (Å²) in [6, 6.07) is 1.81. The number of carbonyl (C=O) groups is 1. The van der Waals surface area contributed by atoms with Gasteiger partial charge in [-0.1, -0.05) is 5.21 Å². The summed E-state index contributed by atoms with van der Waals surface area (Å²) >= 11 is 0. The number of aromatic nitrogens is 5. The highest BCUT2D eigenvalue weighted by atomic mass is 16.1. The summed E-state index contributed by atoms with van der Waals surface area (Å²) in [4.78, 5) is 16.1. The number of aromatic amines is 1. The van der Waals surface area contributed by atoms with Crippen LogP contribution in [-0.2, 0) is 6.54 Å². The normalized spacial score (nSPS) is 10.1. The monoisotopic (exact) mass is 247 g/mol. The van der Waals surface area contributed by atoms with Gasteiger partial charge in [-0.2, -0.15) is 5.21 Å². The van der Waals surface area contributed by atoms with Crippen molar-refractivity contribution in [1.82, 2.24) is 30.9 Å². The number of hydrogen-bond acceptors (Lipinski definition) is 6. The van der Waals surface area contributed by atoms with Crippen molar-refractivity contribution in [3.8, 4) is 0 Å². The van der Waals surface area contributed by atoms with E-state index in [9.17, 15) is 4.79 Å². The standard InChI is InChI=1S/C10H13N7O/c1-6-3-8(11-2)7(4-12-6)10(18)13-5-9-14-16-17-15-9/h3-4H,5H2,1-2H3,(H,11,12)(H,13,18)(H,14,15,16,17). The molecule has 8 nitrogen and oxygen atoms in total. The van der Waals surface area contributed by atoms with Crippen LogP contribution in [0.1, 0.15) is 21.9 Å². The van der Waals surface area contributed by atoms with Crippen molar-refractivity contribution in [2.75, 3.05) is 12.4 Å². The van der Waals surface area contributed by atoms with Gasteiger partial charge in [0.1, 0.15) is 0 Å². The first kappa shape index (κ1) is 12.0. The highest BCUT2D eigenvalue weighted by molar-refractivity contribution is 5.99. The third-order valence-electron chi connectivity index (χ3n) is 2.35. The van der Waals surface area contributed by atoms with E-state index >= 15 is 0 Å². The number of nitrogens with zero attached hydrogens (tertiary/aromatic N) is 4. The van der Waals surface area contributed by atoms with Crippen LogP contribution in [0.25, 0.3) is 0 Å². The molecule has 0 unspecified atom stereocenters. The molecule has 94 valence electrons. The Morgan fingerprint density at radius 3 is 3.00 bits per heavy atom. The topological polar surface area (TPSA) is 108 Å².